The van der Waals surface area contributed by atoms with Gasteiger partial charge in [0.05, 0.1) is 17.7 Å². The van der Waals surface area contributed by atoms with Gasteiger partial charge in [-0.2, -0.15) is 0 Å². The first-order valence-corrected chi connectivity index (χ1v) is 14.9. The number of carbonyl (C=O) groups is 2. The summed E-state index contributed by atoms with van der Waals surface area (Å²) in [7, 11) is -2.59. The second-order valence-electron chi connectivity index (χ2n) is 9.49. The molecule has 1 N–H and O–H groups in total. The summed E-state index contributed by atoms with van der Waals surface area (Å²) < 4.78 is 33.9. The van der Waals surface area contributed by atoms with E-state index in [2.05, 4.69) is 5.32 Å². The van der Waals surface area contributed by atoms with E-state index >= 15 is 0 Å². The maximum atomic E-state index is 13.9. The minimum atomic E-state index is -4.15. The van der Waals surface area contributed by atoms with Crippen LogP contribution >= 0.6 is 11.6 Å². The topological polar surface area (TPSA) is 96.0 Å². The highest BCUT2D eigenvalue weighted by molar-refractivity contribution is 7.92. The first-order chi connectivity index (χ1) is 19.1. The molecule has 0 bridgehead atoms. The highest BCUT2D eigenvalue weighted by Gasteiger charge is 2.32. The molecule has 10 heteroatoms. The summed E-state index contributed by atoms with van der Waals surface area (Å²) in [4.78, 5) is 28.4. The predicted octanol–water partition coefficient (Wildman–Crippen LogP) is 5.19. The molecule has 0 unspecified atom stereocenters. The van der Waals surface area contributed by atoms with Gasteiger partial charge in [0.2, 0.25) is 11.8 Å². The van der Waals surface area contributed by atoms with E-state index in [-0.39, 0.29) is 23.0 Å². The van der Waals surface area contributed by atoms with E-state index in [0.717, 1.165) is 28.3 Å². The van der Waals surface area contributed by atoms with Crippen molar-refractivity contribution >= 4 is 39.1 Å². The molecule has 0 aliphatic heterocycles. The lowest BCUT2D eigenvalue weighted by Gasteiger charge is -2.32. The van der Waals surface area contributed by atoms with Crippen LogP contribution in [0.1, 0.15) is 37.8 Å². The fraction of sp³-hybridized carbons (Fsp3) is 0.333. The van der Waals surface area contributed by atoms with Gasteiger partial charge < -0.3 is 15.0 Å². The molecular formula is C30H36ClN3O5S. The number of amides is 2. The number of methoxy groups -OCH3 is 1. The summed E-state index contributed by atoms with van der Waals surface area (Å²) in [6.45, 7) is 5.58. The van der Waals surface area contributed by atoms with Crippen molar-refractivity contribution in [2.75, 3.05) is 24.5 Å². The van der Waals surface area contributed by atoms with Crippen molar-refractivity contribution in [3.63, 3.8) is 0 Å². The van der Waals surface area contributed by atoms with Crippen LogP contribution in [0.2, 0.25) is 5.02 Å². The molecule has 8 nitrogen and oxygen atoms in total. The van der Waals surface area contributed by atoms with Crippen molar-refractivity contribution in [3.8, 4) is 5.75 Å². The molecule has 0 aliphatic carbocycles. The Morgan fingerprint density at radius 3 is 2.30 bits per heavy atom. The van der Waals surface area contributed by atoms with E-state index in [1.165, 1.54) is 23.1 Å². The molecule has 0 spiro atoms. The number of nitrogens with zero attached hydrogens (tertiary/aromatic N) is 2. The number of unbranched alkanes of at least 4 members (excludes halogenated alkanes) is 1. The van der Waals surface area contributed by atoms with Crippen molar-refractivity contribution in [1.82, 2.24) is 10.2 Å². The van der Waals surface area contributed by atoms with Gasteiger partial charge in [0, 0.05) is 18.1 Å². The maximum absolute atomic E-state index is 13.9. The van der Waals surface area contributed by atoms with Gasteiger partial charge in [-0.3, -0.25) is 13.9 Å². The molecule has 0 saturated heterocycles. The van der Waals surface area contributed by atoms with Crippen LogP contribution in [0.3, 0.4) is 0 Å². The van der Waals surface area contributed by atoms with Gasteiger partial charge in [-0.1, -0.05) is 60.8 Å². The van der Waals surface area contributed by atoms with Gasteiger partial charge in [-0.15, -0.1) is 0 Å². The molecule has 40 heavy (non-hydrogen) atoms. The molecule has 3 aromatic carbocycles. The first-order valence-electron chi connectivity index (χ1n) is 13.1. The fourth-order valence-corrected chi connectivity index (χ4v) is 5.63. The van der Waals surface area contributed by atoms with Crippen LogP contribution in [0.25, 0.3) is 0 Å². The number of carbonyl (C=O) groups excluding carboxylic acids is 2. The molecular weight excluding hydrogens is 550 g/mol. The number of benzene rings is 3. The summed E-state index contributed by atoms with van der Waals surface area (Å²) in [6.07, 6.45) is 1.72. The Hall–Kier alpha value is -3.56. The van der Waals surface area contributed by atoms with Crippen LogP contribution in [0, 0.1) is 6.92 Å². The average molecular weight is 586 g/mol. The van der Waals surface area contributed by atoms with Crippen LogP contribution < -0.4 is 14.4 Å². The second-order valence-corrected chi connectivity index (χ2v) is 11.8. The largest absolute Gasteiger partial charge is 0.497 e. The van der Waals surface area contributed by atoms with E-state index in [1.807, 2.05) is 13.8 Å². The third-order valence-electron chi connectivity index (χ3n) is 6.49. The van der Waals surface area contributed by atoms with Crippen molar-refractivity contribution in [1.29, 1.82) is 0 Å². The lowest BCUT2D eigenvalue weighted by Crippen LogP contribution is -2.51. The molecule has 3 rings (SSSR count). The minimum absolute atomic E-state index is 0.0398. The Kier molecular flexibility index (Phi) is 11.0. The monoisotopic (exact) mass is 585 g/mol. The van der Waals surface area contributed by atoms with Crippen LogP contribution in [-0.4, -0.2) is 51.4 Å². The summed E-state index contributed by atoms with van der Waals surface area (Å²) >= 11 is 6.21. The SMILES string of the molecule is CCCCNC(=O)[C@H](C)N(Cc1ccc(OC)cc1)C(=O)CN(c1cccc(Cl)c1)S(=O)(=O)c1ccc(C)cc1. The fourth-order valence-electron chi connectivity index (χ4n) is 4.04. The lowest BCUT2D eigenvalue weighted by molar-refractivity contribution is -0.139. The van der Waals surface area contributed by atoms with E-state index in [0.29, 0.717) is 17.3 Å². The summed E-state index contributed by atoms with van der Waals surface area (Å²) in [5.74, 6) is -0.195. The number of sulfonamides is 1. The number of aryl methyl sites for hydroxylation is 1. The first kappa shape index (κ1) is 31.0. The third-order valence-corrected chi connectivity index (χ3v) is 8.52. The number of ether oxygens (including phenoxy) is 1. The average Bonchev–Trinajstić information content (AvgIpc) is 2.94. The van der Waals surface area contributed by atoms with E-state index in [1.54, 1.807) is 68.6 Å². The summed E-state index contributed by atoms with van der Waals surface area (Å²) in [5.41, 5.74) is 1.90. The Bertz CT molecular complexity index is 1400. The molecule has 0 radical (unpaired) electrons. The molecule has 214 valence electrons. The molecule has 2 amide bonds. The molecule has 3 aromatic rings. The number of hydrogen-bond donors (Lipinski definition) is 1. The van der Waals surface area contributed by atoms with Crippen LogP contribution in [0.15, 0.2) is 77.7 Å². The van der Waals surface area contributed by atoms with Gasteiger partial charge in [0.25, 0.3) is 10.0 Å². The standard InChI is InChI=1S/C30H36ClN3O5S/c1-5-6-18-32-30(36)23(3)33(20-24-12-14-27(39-4)15-13-24)29(35)21-34(26-9-7-8-25(31)19-26)40(37,38)28-16-10-22(2)11-17-28/h7-17,19,23H,5-6,18,20-21H2,1-4H3,(H,32,36)/t23-/m0/s1. The number of nitrogens with one attached hydrogen (secondary N) is 1. The highest BCUT2D eigenvalue weighted by atomic mass is 35.5. The van der Waals surface area contributed by atoms with Gasteiger partial charge in [-0.25, -0.2) is 8.42 Å². The van der Waals surface area contributed by atoms with Crippen LogP contribution in [0.4, 0.5) is 5.69 Å². The molecule has 0 aliphatic rings. The Labute approximate surface area is 241 Å². The van der Waals surface area contributed by atoms with E-state index in [9.17, 15) is 18.0 Å². The number of hydrogen-bond acceptors (Lipinski definition) is 5. The van der Waals surface area contributed by atoms with E-state index < -0.39 is 28.5 Å². The minimum Gasteiger partial charge on any atom is -0.497 e. The van der Waals surface area contributed by atoms with Crippen molar-refractivity contribution in [3.05, 3.63) is 88.9 Å². The zero-order chi connectivity index (χ0) is 29.3. The van der Waals surface area contributed by atoms with Gasteiger partial charge in [-0.05, 0) is 68.3 Å². The third kappa shape index (κ3) is 7.99. The molecule has 0 heterocycles. The predicted molar refractivity (Wildman–Crippen MR) is 158 cm³/mol. The Balaban J connectivity index is 1.99. The zero-order valence-electron chi connectivity index (χ0n) is 23.3. The Morgan fingerprint density at radius 1 is 1.02 bits per heavy atom. The summed E-state index contributed by atoms with van der Waals surface area (Å²) in [5, 5.41) is 3.20. The van der Waals surface area contributed by atoms with Crippen molar-refractivity contribution in [2.24, 2.45) is 0 Å². The smallest absolute Gasteiger partial charge is 0.264 e. The Morgan fingerprint density at radius 2 is 1.70 bits per heavy atom. The number of anilines is 1. The highest BCUT2D eigenvalue weighted by Crippen LogP contribution is 2.27. The molecule has 0 aromatic heterocycles. The van der Waals surface area contributed by atoms with Crippen LogP contribution in [0.5, 0.6) is 5.75 Å². The normalized spacial score (nSPS) is 11.9. The second kappa shape index (κ2) is 14.2. The molecule has 0 fully saturated rings. The molecule has 1 atom stereocenters. The number of rotatable bonds is 13. The van der Waals surface area contributed by atoms with Crippen molar-refractivity contribution in [2.45, 2.75) is 51.1 Å². The maximum Gasteiger partial charge on any atom is 0.264 e. The van der Waals surface area contributed by atoms with E-state index in [4.69, 9.17) is 16.3 Å². The quantitative estimate of drug-likeness (QED) is 0.279. The number of halogens is 1. The summed E-state index contributed by atoms with van der Waals surface area (Å²) in [6, 6.07) is 19.0. The van der Waals surface area contributed by atoms with Gasteiger partial charge in [0.1, 0.15) is 18.3 Å². The van der Waals surface area contributed by atoms with Gasteiger partial charge >= 0.3 is 0 Å². The zero-order valence-corrected chi connectivity index (χ0v) is 24.8. The van der Waals surface area contributed by atoms with Crippen molar-refractivity contribution < 1.29 is 22.7 Å². The van der Waals surface area contributed by atoms with Gasteiger partial charge in [0.15, 0.2) is 0 Å². The van der Waals surface area contributed by atoms with Crippen LogP contribution in [-0.2, 0) is 26.2 Å². The lowest BCUT2D eigenvalue weighted by atomic mass is 10.1. The molecule has 0 saturated carbocycles.